The summed E-state index contributed by atoms with van der Waals surface area (Å²) >= 11 is 0. The Hall–Kier alpha value is -3.03. The molecule has 0 unspecified atom stereocenters. The van der Waals surface area contributed by atoms with E-state index in [0.29, 0.717) is 12.0 Å². The Morgan fingerprint density at radius 1 is 1.26 bits per heavy atom. The number of amides is 1. The molecule has 3 aromatic rings. The lowest BCUT2D eigenvalue weighted by Gasteiger charge is -2.09. The molecule has 2 aromatic heterocycles. The first-order chi connectivity index (χ1) is 13.0. The van der Waals surface area contributed by atoms with Crippen molar-refractivity contribution in [3.05, 3.63) is 65.5 Å². The molecule has 6 nitrogen and oxygen atoms in total. The van der Waals surface area contributed by atoms with Crippen LogP contribution in [-0.2, 0) is 12.8 Å². The summed E-state index contributed by atoms with van der Waals surface area (Å²) in [5, 5.41) is 7.10. The van der Waals surface area contributed by atoms with Crippen molar-refractivity contribution in [3.63, 3.8) is 0 Å². The number of nitrogens with zero attached hydrogens (tertiary/aromatic N) is 4. The molecule has 8 heteroatoms. The van der Waals surface area contributed by atoms with Gasteiger partial charge in [0.1, 0.15) is 5.82 Å². The predicted molar refractivity (Wildman–Crippen MR) is 97.2 cm³/mol. The van der Waals surface area contributed by atoms with Crippen LogP contribution in [0.4, 0.5) is 8.78 Å². The van der Waals surface area contributed by atoms with Gasteiger partial charge in [-0.3, -0.25) is 9.36 Å². The lowest BCUT2D eigenvalue weighted by Crippen LogP contribution is -2.27. The second-order valence-corrected chi connectivity index (χ2v) is 6.14. The predicted octanol–water partition coefficient (Wildman–Crippen LogP) is 3.31. The number of imidazole rings is 1. The van der Waals surface area contributed by atoms with Crippen molar-refractivity contribution in [2.45, 2.75) is 33.2 Å². The Balaban J connectivity index is 1.70. The molecule has 0 radical (unpaired) electrons. The topological polar surface area (TPSA) is 64.7 Å². The van der Waals surface area contributed by atoms with Crippen molar-refractivity contribution >= 4 is 5.91 Å². The van der Waals surface area contributed by atoms with Gasteiger partial charge < -0.3 is 5.32 Å². The van der Waals surface area contributed by atoms with Gasteiger partial charge in [-0.2, -0.15) is 13.9 Å². The highest BCUT2D eigenvalue weighted by Crippen LogP contribution is 2.17. The van der Waals surface area contributed by atoms with Gasteiger partial charge in [-0.15, -0.1) is 0 Å². The normalized spacial score (nSPS) is 11.1. The Labute approximate surface area is 155 Å². The smallest absolute Gasteiger partial charge is 0.319 e. The number of aromatic nitrogens is 4. The molecule has 1 amide bonds. The quantitative estimate of drug-likeness (QED) is 0.691. The Morgan fingerprint density at radius 2 is 2.00 bits per heavy atom. The molecule has 0 aliphatic carbocycles. The van der Waals surface area contributed by atoms with Gasteiger partial charge in [-0.1, -0.05) is 24.6 Å². The highest BCUT2D eigenvalue weighted by atomic mass is 19.3. The fourth-order valence-electron chi connectivity index (χ4n) is 2.91. The van der Waals surface area contributed by atoms with E-state index in [4.69, 9.17) is 0 Å². The molecule has 3 rings (SSSR count). The molecule has 0 fully saturated rings. The minimum Gasteiger partial charge on any atom is -0.351 e. The number of nitrogens with one attached hydrogen (secondary N) is 1. The van der Waals surface area contributed by atoms with Gasteiger partial charge >= 0.3 is 6.55 Å². The molecule has 0 aliphatic rings. The summed E-state index contributed by atoms with van der Waals surface area (Å²) < 4.78 is 28.2. The van der Waals surface area contributed by atoms with Crippen LogP contribution < -0.4 is 5.32 Å². The Kier molecular flexibility index (Phi) is 5.63. The Bertz CT molecular complexity index is 915. The van der Waals surface area contributed by atoms with Gasteiger partial charge in [0.25, 0.3) is 5.91 Å². The lowest BCUT2D eigenvalue weighted by molar-refractivity contribution is 0.0670. The van der Waals surface area contributed by atoms with E-state index in [1.807, 2.05) is 38.1 Å². The van der Waals surface area contributed by atoms with Gasteiger partial charge in [0, 0.05) is 25.4 Å². The number of hydrogen-bond donors (Lipinski definition) is 1. The first-order valence-corrected chi connectivity index (χ1v) is 8.73. The van der Waals surface area contributed by atoms with Crippen molar-refractivity contribution < 1.29 is 13.6 Å². The summed E-state index contributed by atoms with van der Waals surface area (Å²) in [4.78, 5) is 16.4. The van der Waals surface area contributed by atoms with Gasteiger partial charge in [-0.25, -0.2) is 9.67 Å². The van der Waals surface area contributed by atoms with Crippen LogP contribution in [0.5, 0.6) is 0 Å². The van der Waals surface area contributed by atoms with Crippen LogP contribution in [0.3, 0.4) is 0 Å². The second kappa shape index (κ2) is 8.11. The third-order valence-corrected chi connectivity index (χ3v) is 4.32. The second-order valence-electron chi connectivity index (χ2n) is 6.14. The maximum absolute atomic E-state index is 12.8. The van der Waals surface area contributed by atoms with Crippen LogP contribution in [0, 0.1) is 6.92 Å². The number of carbonyl (C=O) groups excluding carboxylic acids is 1. The van der Waals surface area contributed by atoms with Gasteiger partial charge in [0.15, 0.2) is 0 Å². The molecular formula is C19H21F2N5O. The van der Waals surface area contributed by atoms with Crippen LogP contribution in [0.2, 0.25) is 0 Å². The number of hydrogen-bond acceptors (Lipinski definition) is 3. The fourth-order valence-corrected chi connectivity index (χ4v) is 2.91. The standard InChI is InChI=1S/C19H21F2N5O/c1-3-16-15(12-24-26(16)14-6-4-13(2)5-7-14)18(27)23-9-8-17-22-10-11-25(17)19(20)21/h4-7,10-12,19H,3,8-9H2,1-2H3,(H,23,27). The minimum absolute atomic E-state index is 0.210. The molecule has 0 bridgehead atoms. The molecular weight excluding hydrogens is 352 g/mol. The van der Waals surface area contributed by atoms with Crippen LogP contribution in [-0.4, -0.2) is 31.8 Å². The average molecular weight is 373 g/mol. The fraction of sp³-hybridized carbons (Fsp3) is 0.316. The number of carbonyl (C=O) groups is 1. The highest BCUT2D eigenvalue weighted by Gasteiger charge is 2.17. The number of aryl methyl sites for hydroxylation is 1. The number of alkyl halides is 2. The van der Waals surface area contributed by atoms with E-state index in [-0.39, 0.29) is 24.7 Å². The molecule has 0 aliphatic heterocycles. The van der Waals surface area contributed by atoms with Crippen molar-refractivity contribution in [1.82, 2.24) is 24.6 Å². The van der Waals surface area contributed by atoms with Gasteiger partial charge in [-0.05, 0) is 25.5 Å². The van der Waals surface area contributed by atoms with Crippen molar-refractivity contribution in [3.8, 4) is 5.69 Å². The average Bonchev–Trinajstić information content (AvgIpc) is 3.28. The monoisotopic (exact) mass is 373 g/mol. The molecule has 0 spiro atoms. The molecule has 27 heavy (non-hydrogen) atoms. The maximum atomic E-state index is 12.8. The first kappa shape index (κ1) is 18.8. The maximum Gasteiger partial charge on any atom is 0.319 e. The molecule has 142 valence electrons. The van der Waals surface area contributed by atoms with Crippen molar-refractivity contribution in [2.24, 2.45) is 0 Å². The summed E-state index contributed by atoms with van der Waals surface area (Å²) in [7, 11) is 0. The summed E-state index contributed by atoms with van der Waals surface area (Å²) in [5.74, 6) is -0.0447. The van der Waals surface area contributed by atoms with E-state index in [2.05, 4.69) is 15.4 Å². The SMILES string of the molecule is CCc1c(C(=O)NCCc2nccn2C(F)F)cnn1-c1ccc(C)cc1. The third-order valence-electron chi connectivity index (χ3n) is 4.32. The third kappa shape index (κ3) is 4.05. The minimum atomic E-state index is -2.64. The van der Waals surface area contributed by atoms with E-state index in [0.717, 1.165) is 21.5 Å². The van der Waals surface area contributed by atoms with E-state index >= 15 is 0 Å². The van der Waals surface area contributed by atoms with E-state index < -0.39 is 6.55 Å². The summed E-state index contributed by atoms with van der Waals surface area (Å²) in [6, 6.07) is 7.88. The molecule has 1 aromatic carbocycles. The van der Waals surface area contributed by atoms with Crippen LogP contribution in [0.25, 0.3) is 5.69 Å². The zero-order valence-corrected chi connectivity index (χ0v) is 15.2. The van der Waals surface area contributed by atoms with Crippen LogP contribution in [0.15, 0.2) is 42.9 Å². The summed E-state index contributed by atoms with van der Waals surface area (Å²) in [6.07, 6.45) is 4.93. The van der Waals surface area contributed by atoms with Gasteiger partial charge in [0.05, 0.1) is 23.1 Å². The molecule has 2 heterocycles. The number of benzene rings is 1. The molecule has 1 N–H and O–H groups in total. The molecule has 0 saturated heterocycles. The lowest BCUT2D eigenvalue weighted by atomic mass is 10.1. The molecule has 0 saturated carbocycles. The highest BCUT2D eigenvalue weighted by molar-refractivity contribution is 5.95. The largest absolute Gasteiger partial charge is 0.351 e. The van der Waals surface area contributed by atoms with Crippen LogP contribution in [0.1, 0.15) is 40.9 Å². The van der Waals surface area contributed by atoms with E-state index in [1.165, 1.54) is 18.6 Å². The Morgan fingerprint density at radius 3 is 2.67 bits per heavy atom. The van der Waals surface area contributed by atoms with Crippen molar-refractivity contribution in [2.75, 3.05) is 6.54 Å². The number of halogens is 2. The summed E-state index contributed by atoms with van der Waals surface area (Å²) in [5.41, 5.74) is 3.31. The van der Waals surface area contributed by atoms with E-state index in [9.17, 15) is 13.6 Å². The number of rotatable bonds is 7. The van der Waals surface area contributed by atoms with Gasteiger partial charge in [0.2, 0.25) is 0 Å². The van der Waals surface area contributed by atoms with E-state index in [1.54, 1.807) is 4.68 Å². The van der Waals surface area contributed by atoms with Crippen molar-refractivity contribution in [1.29, 1.82) is 0 Å². The first-order valence-electron chi connectivity index (χ1n) is 8.73. The zero-order chi connectivity index (χ0) is 19.4. The van der Waals surface area contributed by atoms with Crippen LogP contribution >= 0.6 is 0 Å². The summed E-state index contributed by atoms with van der Waals surface area (Å²) in [6.45, 7) is 1.53. The zero-order valence-electron chi connectivity index (χ0n) is 15.2. The molecule has 0 atom stereocenters.